The van der Waals surface area contributed by atoms with Gasteiger partial charge < -0.3 is 5.32 Å². The van der Waals surface area contributed by atoms with Gasteiger partial charge in [0.25, 0.3) is 11.6 Å². The Morgan fingerprint density at radius 2 is 1.63 bits per heavy atom. The molecule has 1 amide bonds. The van der Waals surface area contributed by atoms with E-state index in [1.807, 2.05) is 0 Å². The largest absolute Gasteiger partial charge is 0.351 e. The molecule has 0 bridgehead atoms. The first-order valence-electron chi connectivity index (χ1n) is 7.29. The quantitative estimate of drug-likeness (QED) is 0.316. The van der Waals surface area contributed by atoms with Gasteiger partial charge in [-0.05, 0) is 24.3 Å². The third-order valence-corrected chi connectivity index (χ3v) is 4.82. The summed E-state index contributed by atoms with van der Waals surface area (Å²) < 4.78 is 65.6. The van der Waals surface area contributed by atoms with Gasteiger partial charge in [-0.3, -0.25) is 14.9 Å². The Morgan fingerprint density at radius 3 is 2.22 bits per heavy atom. The molecule has 0 saturated carbocycles. The summed E-state index contributed by atoms with van der Waals surface area (Å²) in [7, 11) is -3.99. The summed E-state index contributed by atoms with van der Waals surface area (Å²) >= 11 is 0. The Bertz CT molecular complexity index is 981. The molecular weight excluding hydrogens is 391 g/mol. The number of nitro benzene ring substituents is 1. The molecule has 2 rings (SSSR count). The van der Waals surface area contributed by atoms with Crippen LogP contribution in [0.15, 0.2) is 41.3 Å². The fourth-order valence-corrected chi connectivity index (χ4v) is 3.02. The van der Waals surface area contributed by atoms with Crippen LogP contribution in [0.2, 0.25) is 0 Å². The van der Waals surface area contributed by atoms with Crippen molar-refractivity contribution in [3.05, 3.63) is 69.5 Å². The van der Waals surface area contributed by atoms with Crippen molar-refractivity contribution in [2.75, 3.05) is 13.1 Å². The normalized spacial score (nSPS) is 11.2. The van der Waals surface area contributed by atoms with Gasteiger partial charge >= 0.3 is 0 Å². The molecule has 0 aliphatic rings. The van der Waals surface area contributed by atoms with Crippen LogP contribution in [-0.2, 0) is 10.0 Å². The van der Waals surface area contributed by atoms with Crippen LogP contribution in [-0.4, -0.2) is 32.3 Å². The number of sulfonamides is 1. The second-order valence-corrected chi connectivity index (χ2v) is 6.89. The van der Waals surface area contributed by atoms with Gasteiger partial charge in [-0.2, -0.15) is 0 Å². The molecule has 0 aliphatic carbocycles. The maximum absolute atomic E-state index is 13.5. The minimum atomic E-state index is -3.99. The number of nitrogens with zero attached hydrogens (tertiary/aromatic N) is 1. The molecule has 27 heavy (non-hydrogen) atoms. The SMILES string of the molecule is O=C(NCCNS(=O)(=O)c1ccc([N+](=O)[O-])cc1)c1ccc(F)c(F)c1F. The standard InChI is InChI=1S/C15H12F3N3O5S/c16-12-6-5-11(13(17)14(12)18)15(22)19-7-8-20-27(25,26)10-3-1-9(2-4-10)21(23)24/h1-6,20H,7-8H2,(H,19,22). The van der Waals surface area contributed by atoms with E-state index >= 15 is 0 Å². The summed E-state index contributed by atoms with van der Waals surface area (Å²) in [6, 6.07) is 5.45. The first kappa shape index (κ1) is 20.3. The second kappa shape index (κ2) is 8.14. The Balaban J connectivity index is 1.93. The molecule has 2 N–H and O–H groups in total. The smallest absolute Gasteiger partial charge is 0.269 e. The first-order chi connectivity index (χ1) is 12.6. The van der Waals surface area contributed by atoms with E-state index in [-0.39, 0.29) is 23.7 Å². The third kappa shape index (κ3) is 4.80. The number of nitrogens with one attached hydrogen (secondary N) is 2. The minimum absolute atomic E-state index is 0.230. The molecule has 0 fully saturated rings. The Hall–Kier alpha value is -2.99. The van der Waals surface area contributed by atoms with E-state index in [4.69, 9.17) is 0 Å². The summed E-state index contributed by atoms with van der Waals surface area (Å²) in [5, 5.41) is 12.7. The zero-order valence-electron chi connectivity index (χ0n) is 13.4. The van der Waals surface area contributed by atoms with Crippen molar-refractivity contribution in [2.45, 2.75) is 4.90 Å². The summed E-state index contributed by atoms with van der Waals surface area (Å²) in [4.78, 5) is 21.4. The predicted octanol–water partition coefficient (Wildman–Crippen LogP) is 1.72. The van der Waals surface area contributed by atoms with Crippen molar-refractivity contribution < 1.29 is 31.3 Å². The molecule has 0 aliphatic heterocycles. The summed E-state index contributed by atoms with van der Waals surface area (Å²) in [5.41, 5.74) is -1.01. The van der Waals surface area contributed by atoms with Crippen LogP contribution in [0.1, 0.15) is 10.4 Å². The van der Waals surface area contributed by atoms with Crippen LogP contribution >= 0.6 is 0 Å². The van der Waals surface area contributed by atoms with Gasteiger partial charge in [0.1, 0.15) is 0 Å². The van der Waals surface area contributed by atoms with Gasteiger partial charge in [-0.15, -0.1) is 0 Å². The number of hydrogen-bond donors (Lipinski definition) is 2. The molecule has 0 spiro atoms. The van der Waals surface area contributed by atoms with Crippen molar-refractivity contribution >= 4 is 21.6 Å². The average Bonchev–Trinajstić information content (AvgIpc) is 2.63. The summed E-state index contributed by atoms with van der Waals surface area (Å²) in [6.45, 7) is -0.570. The molecule has 0 heterocycles. The van der Waals surface area contributed by atoms with Crippen molar-refractivity contribution in [3.63, 3.8) is 0 Å². The van der Waals surface area contributed by atoms with Gasteiger partial charge in [0.15, 0.2) is 17.5 Å². The highest BCUT2D eigenvalue weighted by atomic mass is 32.2. The van der Waals surface area contributed by atoms with E-state index in [0.29, 0.717) is 6.07 Å². The number of nitro groups is 1. The highest BCUT2D eigenvalue weighted by Crippen LogP contribution is 2.16. The van der Waals surface area contributed by atoms with E-state index in [9.17, 15) is 36.5 Å². The average molecular weight is 403 g/mol. The van der Waals surface area contributed by atoms with Crippen molar-refractivity contribution in [1.82, 2.24) is 10.0 Å². The lowest BCUT2D eigenvalue weighted by Gasteiger charge is -2.09. The summed E-state index contributed by atoms with van der Waals surface area (Å²) in [6.07, 6.45) is 0. The minimum Gasteiger partial charge on any atom is -0.351 e. The highest BCUT2D eigenvalue weighted by molar-refractivity contribution is 7.89. The van der Waals surface area contributed by atoms with Crippen LogP contribution < -0.4 is 10.0 Å². The number of hydrogen-bond acceptors (Lipinski definition) is 5. The van der Waals surface area contributed by atoms with Gasteiger partial charge in [0.2, 0.25) is 10.0 Å². The van der Waals surface area contributed by atoms with Crippen LogP contribution in [0, 0.1) is 27.6 Å². The number of amides is 1. The van der Waals surface area contributed by atoms with Crippen LogP contribution in [0.3, 0.4) is 0 Å². The van der Waals surface area contributed by atoms with Crippen LogP contribution in [0.5, 0.6) is 0 Å². The van der Waals surface area contributed by atoms with E-state index in [0.717, 1.165) is 30.3 Å². The molecule has 2 aromatic rings. The lowest BCUT2D eigenvalue weighted by Crippen LogP contribution is -2.35. The molecule has 12 heteroatoms. The maximum atomic E-state index is 13.5. The van der Waals surface area contributed by atoms with Crippen LogP contribution in [0.4, 0.5) is 18.9 Å². The molecule has 0 unspecified atom stereocenters. The number of benzene rings is 2. The van der Waals surface area contributed by atoms with Crippen molar-refractivity contribution in [2.24, 2.45) is 0 Å². The number of carbonyl (C=O) groups excluding carboxylic acids is 1. The lowest BCUT2D eigenvalue weighted by molar-refractivity contribution is -0.384. The molecule has 2 aromatic carbocycles. The fourth-order valence-electron chi connectivity index (χ4n) is 1.99. The molecule has 144 valence electrons. The second-order valence-electron chi connectivity index (χ2n) is 5.13. The number of rotatable bonds is 7. The van der Waals surface area contributed by atoms with Crippen molar-refractivity contribution in [3.8, 4) is 0 Å². The number of non-ortho nitro benzene ring substituents is 1. The molecular formula is C15H12F3N3O5S. The zero-order chi connectivity index (χ0) is 20.2. The Morgan fingerprint density at radius 1 is 1.00 bits per heavy atom. The zero-order valence-corrected chi connectivity index (χ0v) is 14.2. The third-order valence-electron chi connectivity index (χ3n) is 3.34. The van der Waals surface area contributed by atoms with Gasteiger partial charge in [0.05, 0.1) is 15.4 Å². The highest BCUT2D eigenvalue weighted by Gasteiger charge is 2.19. The van der Waals surface area contributed by atoms with E-state index in [2.05, 4.69) is 10.0 Å². The Labute approximate surface area is 151 Å². The molecule has 0 aromatic heterocycles. The first-order valence-corrected chi connectivity index (χ1v) is 8.77. The van der Waals surface area contributed by atoms with E-state index in [1.165, 1.54) is 0 Å². The van der Waals surface area contributed by atoms with E-state index in [1.54, 1.807) is 0 Å². The van der Waals surface area contributed by atoms with Gasteiger partial charge in [-0.25, -0.2) is 26.3 Å². The lowest BCUT2D eigenvalue weighted by atomic mass is 10.2. The Kier molecular flexibility index (Phi) is 6.13. The molecule has 8 nitrogen and oxygen atoms in total. The van der Waals surface area contributed by atoms with Gasteiger partial charge in [0, 0.05) is 25.2 Å². The topological polar surface area (TPSA) is 118 Å². The van der Waals surface area contributed by atoms with Gasteiger partial charge in [-0.1, -0.05) is 0 Å². The number of carbonyl (C=O) groups is 1. The monoisotopic (exact) mass is 403 g/mol. The van der Waals surface area contributed by atoms with E-state index < -0.39 is 43.9 Å². The van der Waals surface area contributed by atoms with Crippen molar-refractivity contribution in [1.29, 1.82) is 0 Å². The fraction of sp³-hybridized carbons (Fsp3) is 0.133. The number of halogens is 3. The predicted molar refractivity (Wildman–Crippen MR) is 86.9 cm³/mol. The molecule has 0 atom stereocenters. The molecule has 0 saturated heterocycles. The molecule has 0 radical (unpaired) electrons. The van der Waals surface area contributed by atoms with Crippen LogP contribution in [0.25, 0.3) is 0 Å². The maximum Gasteiger partial charge on any atom is 0.269 e. The summed E-state index contributed by atoms with van der Waals surface area (Å²) in [5.74, 6) is -5.94.